The monoisotopic (exact) mass is 282 g/mol. The van der Waals surface area contributed by atoms with Crippen LogP contribution in [0.15, 0.2) is 12.3 Å². The second-order valence-electron chi connectivity index (χ2n) is 4.56. The first-order valence-electron chi connectivity index (χ1n) is 6.24. The Bertz CT molecular complexity index is 423. The summed E-state index contributed by atoms with van der Waals surface area (Å²) < 4.78 is 5.50. The van der Waals surface area contributed by atoms with Crippen LogP contribution in [0.2, 0.25) is 0 Å². The van der Waals surface area contributed by atoms with Gasteiger partial charge in [0.2, 0.25) is 0 Å². The van der Waals surface area contributed by atoms with Crippen LogP contribution in [0.25, 0.3) is 0 Å². The molecule has 1 aromatic heterocycles. The molecule has 0 atom stereocenters. The van der Waals surface area contributed by atoms with E-state index in [0.717, 1.165) is 30.1 Å². The zero-order chi connectivity index (χ0) is 14.3. The molecule has 1 heterocycles. The van der Waals surface area contributed by atoms with Gasteiger partial charge in [-0.2, -0.15) is 0 Å². The van der Waals surface area contributed by atoms with Crippen LogP contribution in [0.1, 0.15) is 11.1 Å². The van der Waals surface area contributed by atoms with Crippen molar-refractivity contribution in [2.75, 3.05) is 45.7 Å². The lowest BCUT2D eigenvalue weighted by Gasteiger charge is -2.13. The van der Waals surface area contributed by atoms with E-state index in [9.17, 15) is 0 Å². The summed E-state index contributed by atoms with van der Waals surface area (Å²) in [4.78, 5) is 6.71. The highest BCUT2D eigenvalue weighted by Crippen LogP contribution is 2.15. The van der Waals surface area contributed by atoms with E-state index in [1.807, 2.05) is 27.1 Å². The molecule has 0 spiro atoms. The van der Waals surface area contributed by atoms with Gasteiger partial charge in [0.05, 0.1) is 18.8 Å². The number of nitrogens with zero attached hydrogens (tertiary/aromatic N) is 2. The molecule has 0 amide bonds. The lowest BCUT2D eigenvalue weighted by molar-refractivity contribution is 0.126. The van der Waals surface area contributed by atoms with Gasteiger partial charge in [-0.1, -0.05) is 12.2 Å². The largest absolute Gasteiger partial charge is 0.389 e. The van der Waals surface area contributed by atoms with Gasteiger partial charge in [0, 0.05) is 19.3 Å². The number of likely N-dealkylation sites (N-methyl/N-ethyl adjacent to an activating group) is 1. The Hall–Kier alpha value is -1.24. The first-order valence-corrected chi connectivity index (χ1v) is 6.65. The van der Waals surface area contributed by atoms with Crippen LogP contribution >= 0.6 is 12.2 Å². The van der Waals surface area contributed by atoms with E-state index in [4.69, 9.17) is 22.7 Å². The minimum absolute atomic E-state index is 0.363. The number of aryl methyl sites for hydroxylation is 1. The molecule has 106 valence electrons. The molecule has 5 nitrogen and oxygen atoms in total. The fourth-order valence-electron chi connectivity index (χ4n) is 1.59. The predicted molar refractivity (Wildman–Crippen MR) is 82.7 cm³/mol. The lowest BCUT2D eigenvalue weighted by atomic mass is 10.1. The summed E-state index contributed by atoms with van der Waals surface area (Å²) in [5.74, 6) is 0.726. The van der Waals surface area contributed by atoms with Crippen molar-refractivity contribution in [1.29, 1.82) is 0 Å². The van der Waals surface area contributed by atoms with Crippen LogP contribution < -0.4 is 11.1 Å². The molecular weight excluding hydrogens is 260 g/mol. The summed E-state index contributed by atoms with van der Waals surface area (Å²) >= 11 is 5.05. The van der Waals surface area contributed by atoms with Crippen molar-refractivity contribution in [3.8, 4) is 0 Å². The lowest BCUT2D eigenvalue weighted by Crippen LogP contribution is -2.21. The number of thiocarbonyl (C=S) groups is 1. The van der Waals surface area contributed by atoms with E-state index < -0.39 is 0 Å². The van der Waals surface area contributed by atoms with Gasteiger partial charge in [0.15, 0.2) is 0 Å². The van der Waals surface area contributed by atoms with Gasteiger partial charge in [0.25, 0.3) is 0 Å². The maximum atomic E-state index is 5.72. The molecule has 0 saturated heterocycles. The molecule has 0 aromatic carbocycles. The maximum absolute atomic E-state index is 5.72. The fourth-order valence-corrected chi connectivity index (χ4v) is 1.85. The van der Waals surface area contributed by atoms with Crippen molar-refractivity contribution in [1.82, 2.24) is 9.88 Å². The average molecular weight is 282 g/mol. The van der Waals surface area contributed by atoms with Crippen molar-refractivity contribution >= 4 is 23.0 Å². The summed E-state index contributed by atoms with van der Waals surface area (Å²) in [6, 6.07) is 1.90. The highest BCUT2D eigenvalue weighted by atomic mass is 32.1. The molecular formula is C13H22N4OS. The maximum Gasteiger partial charge on any atom is 0.136 e. The number of pyridine rings is 1. The van der Waals surface area contributed by atoms with Crippen molar-refractivity contribution < 1.29 is 4.74 Å². The molecule has 0 aliphatic carbocycles. The Balaban J connectivity index is 2.41. The SMILES string of the molecule is Cc1ccnc(NCCOCCN(C)C)c1C(N)=S. The minimum Gasteiger partial charge on any atom is -0.389 e. The molecule has 1 aromatic rings. The Kier molecular flexibility index (Phi) is 6.69. The van der Waals surface area contributed by atoms with Gasteiger partial charge in [-0.15, -0.1) is 0 Å². The van der Waals surface area contributed by atoms with Crippen LogP contribution in [0.4, 0.5) is 5.82 Å². The molecule has 19 heavy (non-hydrogen) atoms. The highest BCUT2D eigenvalue weighted by molar-refractivity contribution is 7.80. The van der Waals surface area contributed by atoms with E-state index >= 15 is 0 Å². The van der Waals surface area contributed by atoms with E-state index in [1.165, 1.54) is 0 Å². The second-order valence-corrected chi connectivity index (χ2v) is 5.00. The first kappa shape index (κ1) is 15.8. The molecule has 0 aliphatic rings. The fraction of sp³-hybridized carbons (Fsp3) is 0.538. The zero-order valence-corrected chi connectivity index (χ0v) is 12.6. The number of aromatic nitrogens is 1. The van der Waals surface area contributed by atoms with Crippen molar-refractivity contribution in [2.45, 2.75) is 6.92 Å². The molecule has 0 aliphatic heterocycles. The van der Waals surface area contributed by atoms with E-state index in [-0.39, 0.29) is 0 Å². The second kappa shape index (κ2) is 8.04. The Morgan fingerprint density at radius 3 is 2.84 bits per heavy atom. The normalized spacial score (nSPS) is 10.7. The zero-order valence-electron chi connectivity index (χ0n) is 11.8. The number of rotatable bonds is 8. The third kappa shape index (κ3) is 5.50. The third-order valence-corrected chi connectivity index (χ3v) is 2.83. The molecule has 6 heteroatoms. The van der Waals surface area contributed by atoms with Crippen LogP contribution in [0, 0.1) is 6.92 Å². The molecule has 0 fully saturated rings. The smallest absolute Gasteiger partial charge is 0.136 e. The molecule has 1 rings (SSSR count). The van der Waals surface area contributed by atoms with Crippen molar-refractivity contribution in [3.63, 3.8) is 0 Å². The summed E-state index contributed by atoms with van der Waals surface area (Å²) in [5.41, 5.74) is 7.55. The van der Waals surface area contributed by atoms with Gasteiger partial charge in [0.1, 0.15) is 10.8 Å². The van der Waals surface area contributed by atoms with Gasteiger partial charge in [-0.05, 0) is 32.6 Å². The quantitative estimate of drug-likeness (QED) is 0.548. The van der Waals surface area contributed by atoms with Gasteiger partial charge < -0.3 is 20.7 Å². The molecule has 0 unspecified atom stereocenters. The first-order chi connectivity index (χ1) is 9.02. The van der Waals surface area contributed by atoms with Crippen molar-refractivity contribution in [3.05, 3.63) is 23.4 Å². The Morgan fingerprint density at radius 2 is 2.21 bits per heavy atom. The van der Waals surface area contributed by atoms with Crippen LogP contribution in [0.3, 0.4) is 0 Å². The summed E-state index contributed by atoms with van der Waals surface area (Å²) in [6.45, 7) is 4.91. The number of ether oxygens (including phenoxy) is 1. The van der Waals surface area contributed by atoms with Crippen LogP contribution in [0.5, 0.6) is 0 Å². The molecule has 0 bridgehead atoms. The topological polar surface area (TPSA) is 63.4 Å². The Labute approximate surface area is 120 Å². The summed E-state index contributed by atoms with van der Waals surface area (Å²) in [5, 5.41) is 3.21. The van der Waals surface area contributed by atoms with Crippen LogP contribution in [-0.2, 0) is 4.74 Å². The molecule has 0 saturated carbocycles. The predicted octanol–water partition coefficient (Wildman–Crippen LogP) is 1.01. The Morgan fingerprint density at radius 1 is 1.47 bits per heavy atom. The molecule has 0 radical (unpaired) electrons. The number of hydrogen-bond donors (Lipinski definition) is 2. The number of hydrogen-bond acceptors (Lipinski definition) is 5. The van der Waals surface area contributed by atoms with E-state index in [0.29, 0.717) is 18.1 Å². The highest BCUT2D eigenvalue weighted by Gasteiger charge is 2.08. The van der Waals surface area contributed by atoms with E-state index in [1.54, 1.807) is 6.20 Å². The van der Waals surface area contributed by atoms with Crippen molar-refractivity contribution in [2.24, 2.45) is 5.73 Å². The summed E-state index contributed by atoms with van der Waals surface area (Å²) in [7, 11) is 4.04. The minimum atomic E-state index is 0.363. The summed E-state index contributed by atoms with van der Waals surface area (Å²) in [6.07, 6.45) is 1.74. The molecule has 3 N–H and O–H groups in total. The van der Waals surface area contributed by atoms with Gasteiger partial charge >= 0.3 is 0 Å². The van der Waals surface area contributed by atoms with Gasteiger partial charge in [-0.25, -0.2) is 4.98 Å². The van der Waals surface area contributed by atoms with E-state index in [2.05, 4.69) is 15.2 Å². The van der Waals surface area contributed by atoms with Crippen LogP contribution in [-0.4, -0.2) is 55.3 Å². The average Bonchev–Trinajstić information content (AvgIpc) is 2.32. The van der Waals surface area contributed by atoms with Gasteiger partial charge in [-0.3, -0.25) is 0 Å². The standard InChI is InChI=1S/C13H22N4OS/c1-10-4-5-15-13(11(10)12(14)19)16-6-8-18-9-7-17(2)3/h4-5H,6-9H2,1-3H3,(H2,14,19)(H,15,16). The number of nitrogens with one attached hydrogen (secondary N) is 1. The number of nitrogens with two attached hydrogens (primary N) is 1. The number of anilines is 1. The third-order valence-electron chi connectivity index (χ3n) is 2.63.